The Morgan fingerprint density at radius 2 is 2.00 bits per heavy atom. The number of hydrogen-bond donors (Lipinski definition) is 1. The lowest BCUT2D eigenvalue weighted by Gasteiger charge is -2.02. The zero-order valence-corrected chi connectivity index (χ0v) is 9.81. The minimum atomic E-state index is 0.493. The lowest BCUT2D eigenvalue weighted by atomic mass is 10.2. The molecule has 0 unspecified atom stereocenters. The largest absolute Gasteiger partial charge is 0.333 e. The van der Waals surface area contributed by atoms with Crippen molar-refractivity contribution in [1.82, 2.24) is 9.55 Å². The monoisotopic (exact) mass is 265 g/mol. The van der Waals surface area contributed by atoms with Crippen LogP contribution in [0.4, 0.5) is 0 Å². The van der Waals surface area contributed by atoms with Gasteiger partial charge in [0.05, 0.1) is 12.0 Å². The number of benzene rings is 1. The fraction of sp³-hybridized carbons (Fsp3) is 0.182. The first-order chi connectivity index (χ1) is 7.28. The van der Waals surface area contributed by atoms with E-state index in [0.29, 0.717) is 6.54 Å². The Balaban J connectivity index is 2.11. The van der Waals surface area contributed by atoms with E-state index in [-0.39, 0.29) is 0 Å². The lowest BCUT2D eigenvalue weighted by Crippen LogP contribution is -1.97. The van der Waals surface area contributed by atoms with Crippen molar-refractivity contribution >= 4 is 15.9 Å². The van der Waals surface area contributed by atoms with Crippen LogP contribution in [0.15, 0.2) is 41.3 Å². The van der Waals surface area contributed by atoms with Crippen LogP contribution in [-0.4, -0.2) is 9.55 Å². The third-order valence-corrected chi connectivity index (χ3v) is 2.70. The van der Waals surface area contributed by atoms with Gasteiger partial charge >= 0.3 is 0 Å². The van der Waals surface area contributed by atoms with Crippen LogP contribution < -0.4 is 5.73 Å². The van der Waals surface area contributed by atoms with Crippen molar-refractivity contribution in [2.24, 2.45) is 5.73 Å². The number of aromatic nitrogens is 2. The van der Waals surface area contributed by atoms with Gasteiger partial charge in [-0.15, -0.1) is 0 Å². The maximum atomic E-state index is 5.49. The van der Waals surface area contributed by atoms with Gasteiger partial charge in [-0.05, 0) is 17.7 Å². The molecule has 0 saturated carbocycles. The maximum absolute atomic E-state index is 5.49. The molecule has 4 heteroatoms. The molecule has 0 aliphatic carbocycles. The molecule has 2 rings (SSSR count). The van der Waals surface area contributed by atoms with Gasteiger partial charge in [0.1, 0.15) is 0 Å². The van der Waals surface area contributed by atoms with Crippen LogP contribution in [-0.2, 0) is 13.1 Å². The zero-order chi connectivity index (χ0) is 10.7. The maximum Gasteiger partial charge on any atom is 0.0953 e. The summed E-state index contributed by atoms with van der Waals surface area (Å²) in [6.45, 7) is 1.33. The van der Waals surface area contributed by atoms with Crippen LogP contribution in [0.1, 0.15) is 11.3 Å². The first kappa shape index (κ1) is 10.4. The Hall–Kier alpha value is -1.13. The normalized spacial score (nSPS) is 10.5. The summed E-state index contributed by atoms with van der Waals surface area (Å²) in [6.07, 6.45) is 3.78. The van der Waals surface area contributed by atoms with E-state index in [9.17, 15) is 0 Å². The lowest BCUT2D eigenvalue weighted by molar-refractivity contribution is 0.796. The van der Waals surface area contributed by atoms with Crippen LogP contribution in [0.3, 0.4) is 0 Å². The summed E-state index contributed by atoms with van der Waals surface area (Å²) in [7, 11) is 0. The fourth-order valence-corrected chi connectivity index (χ4v) is 1.66. The molecule has 2 aromatic rings. The standard InChI is InChI=1S/C11H12BrN3/c12-10-3-1-9(2-4-10)6-15-7-11(5-13)14-8-15/h1-4,7-8H,5-6,13H2. The van der Waals surface area contributed by atoms with Gasteiger partial charge in [-0.1, -0.05) is 28.1 Å². The molecule has 1 aromatic heterocycles. The van der Waals surface area contributed by atoms with Crippen molar-refractivity contribution in [3.63, 3.8) is 0 Å². The van der Waals surface area contributed by atoms with E-state index in [1.807, 2.05) is 29.2 Å². The van der Waals surface area contributed by atoms with Gasteiger partial charge in [0, 0.05) is 23.8 Å². The molecule has 0 amide bonds. The summed E-state index contributed by atoms with van der Waals surface area (Å²) in [5, 5.41) is 0. The topological polar surface area (TPSA) is 43.8 Å². The summed E-state index contributed by atoms with van der Waals surface area (Å²) in [5.41, 5.74) is 7.67. The summed E-state index contributed by atoms with van der Waals surface area (Å²) < 4.78 is 3.13. The molecule has 0 aliphatic heterocycles. The highest BCUT2D eigenvalue weighted by Gasteiger charge is 1.97. The van der Waals surface area contributed by atoms with Crippen LogP contribution in [0.2, 0.25) is 0 Å². The molecule has 0 bridgehead atoms. The number of nitrogens with zero attached hydrogens (tertiary/aromatic N) is 2. The van der Waals surface area contributed by atoms with Crippen LogP contribution in [0.5, 0.6) is 0 Å². The van der Waals surface area contributed by atoms with Crippen molar-refractivity contribution in [3.05, 3.63) is 52.5 Å². The molecule has 0 atom stereocenters. The Morgan fingerprint density at radius 1 is 1.27 bits per heavy atom. The molecular formula is C11H12BrN3. The van der Waals surface area contributed by atoms with Crippen LogP contribution in [0.25, 0.3) is 0 Å². The van der Waals surface area contributed by atoms with Gasteiger partial charge in [0.25, 0.3) is 0 Å². The minimum absolute atomic E-state index is 0.493. The van der Waals surface area contributed by atoms with E-state index in [4.69, 9.17) is 5.73 Å². The van der Waals surface area contributed by atoms with E-state index in [2.05, 4.69) is 33.0 Å². The SMILES string of the molecule is NCc1cn(Cc2ccc(Br)cc2)cn1. The number of rotatable bonds is 3. The fourth-order valence-electron chi connectivity index (χ4n) is 1.40. The first-order valence-corrected chi connectivity index (χ1v) is 5.52. The van der Waals surface area contributed by atoms with Crippen LogP contribution in [0, 0.1) is 0 Å². The van der Waals surface area contributed by atoms with Gasteiger partial charge < -0.3 is 10.3 Å². The van der Waals surface area contributed by atoms with Gasteiger partial charge in [-0.25, -0.2) is 4.98 Å². The highest BCUT2D eigenvalue weighted by atomic mass is 79.9. The molecule has 3 nitrogen and oxygen atoms in total. The molecule has 15 heavy (non-hydrogen) atoms. The van der Waals surface area contributed by atoms with Gasteiger partial charge in [0.2, 0.25) is 0 Å². The highest BCUT2D eigenvalue weighted by Crippen LogP contribution is 2.11. The van der Waals surface area contributed by atoms with Crippen LogP contribution >= 0.6 is 15.9 Å². The third kappa shape index (κ3) is 2.67. The molecule has 0 spiro atoms. The molecule has 2 N–H and O–H groups in total. The number of halogens is 1. The average Bonchev–Trinajstić information content (AvgIpc) is 2.69. The molecule has 0 saturated heterocycles. The van der Waals surface area contributed by atoms with Crippen molar-refractivity contribution in [2.45, 2.75) is 13.1 Å². The molecule has 1 aromatic carbocycles. The molecule has 78 valence electrons. The van der Waals surface area contributed by atoms with Crippen molar-refractivity contribution in [1.29, 1.82) is 0 Å². The summed E-state index contributed by atoms with van der Waals surface area (Å²) in [6, 6.07) is 8.25. The van der Waals surface area contributed by atoms with Crippen molar-refractivity contribution in [2.75, 3.05) is 0 Å². The van der Waals surface area contributed by atoms with E-state index in [1.165, 1.54) is 5.56 Å². The summed E-state index contributed by atoms with van der Waals surface area (Å²) in [5.74, 6) is 0. The first-order valence-electron chi connectivity index (χ1n) is 4.73. The smallest absolute Gasteiger partial charge is 0.0953 e. The Bertz CT molecular complexity index is 433. The Morgan fingerprint density at radius 3 is 2.60 bits per heavy atom. The predicted molar refractivity (Wildman–Crippen MR) is 63.4 cm³/mol. The average molecular weight is 266 g/mol. The van der Waals surface area contributed by atoms with E-state index in [1.54, 1.807) is 0 Å². The molecule has 0 fully saturated rings. The summed E-state index contributed by atoms with van der Waals surface area (Å²) >= 11 is 3.41. The Labute approximate surface area is 97.1 Å². The highest BCUT2D eigenvalue weighted by molar-refractivity contribution is 9.10. The second kappa shape index (κ2) is 4.59. The predicted octanol–water partition coefficient (Wildman–Crippen LogP) is 2.15. The quantitative estimate of drug-likeness (QED) is 0.925. The zero-order valence-electron chi connectivity index (χ0n) is 8.23. The number of imidazole rings is 1. The molecule has 1 heterocycles. The van der Waals surface area contributed by atoms with Gasteiger partial charge in [-0.3, -0.25) is 0 Å². The second-order valence-electron chi connectivity index (χ2n) is 3.37. The van der Waals surface area contributed by atoms with E-state index < -0.39 is 0 Å². The second-order valence-corrected chi connectivity index (χ2v) is 4.28. The van der Waals surface area contributed by atoms with E-state index >= 15 is 0 Å². The third-order valence-electron chi connectivity index (χ3n) is 2.17. The molecular weight excluding hydrogens is 254 g/mol. The summed E-state index contributed by atoms with van der Waals surface area (Å²) in [4.78, 5) is 4.18. The van der Waals surface area contributed by atoms with Gasteiger partial charge in [-0.2, -0.15) is 0 Å². The number of nitrogens with two attached hydrogens (primary N) is 1. The van der Waals surface area contributed by atoms with Crippen molar-refractivity contribution < 1.29 is 0 Å². The van der Waals surface area contributed by atoms with E-state index in [0.717, 1.165) is 16.7 Å². The molecule has 0 radical (unpaired) electrons. The van der Waals surface area contributed by atoms with Gasteiger partial charge in [0.15, 0.2) is 0 Å². The Kier molecular flexibility index (Phi) is 3.18. The number of hydrogen-bond acceptors (Lipinski definition) is 2. The minimum Gasteiger partial charge on any atom is -0.333 e. The van der Waals surface area contributed by atoms with Crippen molar-refractivity contribution in [3.8, 4) is 0 Å². The molecule has 0 aliphatic rings.